The number of halogens is 3. The van der Waals surface area contributed by atoms with Crippen LogP contribution in [0.3, 0.4) is 0 Å². The number of alkyl halides is 3. The highest BCUT2D eigenvalue weighted by Crippen LogP contribution is 2.30. The van der Waals surface area contributed by atoms with Crippen molar-refractivity contribution < 1.29 is 17.9 Å². The second-order valence-corrected chi connectivity index (χ2v) is 7.44. The second-order valence-electron chi connectivity index (χ2n) is 7.44. The van der Waals surface area contributed by atoms with E-state index in [1.54, 1.807) is 17.9 Å². The largest absolute Gasteiger partial charge is 0.416 e. The van der Waals surface area contributed by atoms with Crippen molar-refractivity contribution in [2.75, 3.05) is 23.3 Å². The third-order valence-corrected chi connectivity index (χ3v) is 5.15. The van der Waals surface area contributed by atoms with Gasteiger partial charge in [-0.1, -0.05) is 0 Å². The van der Waals surface area contributed by atoms with E-state index in [0.717, 1.165) is 37.1 Å². The molecule has 0 bridgehead atoms. The van der Waals surface area contributed by atoms with Crippen molar-refractivity contribution in [2.45, 2.75) is 70.0 Å². The first-order valence-corrected chi connectivity index (χ1v) is 9.19. The quantitative estimate of drug-likeness (QED) is 0.853. The Balaban J connectivity index is 1.68. The molecule has 2 atom stereocenters. The van der Waals surface area contributed by atoms with Crippen LogP contribution in [0.25, 0.3) is 0 Å². The van der Waals surface area contributed by atoms with Crippen LogP contribution in [-0.2, 0) is 4.74 Å². The minimum Gasteiger partial charge on any atom is -0.381 e. The van der Waals surface area contributed by atoms with Crippen molar-refractivity contribution in [3.8, 4) is 0 Å². The Labute approximate surface area is 152 Å². The molecule has 3 rings (SSSR count). The van der Waals surface area contributed by atoms with Crippen LogP contribution in [-0.4, -0.2) is 48.5 Å². The zero-order valence-electron chi connectivity index (χ0n) is 15.2. The van der Waals surface area contributed by atoms with Gasteiger partial charge in [-0.15, -0.1) is 0 Å². The lowest BCUT2D eigenvalue weighted by Gasteiger charge is -2.38. The normalized spacial score (nSPS) is 30.3. The fraction of sp³-hybridized carbons (Fsp3) is 0.722. The van der Waals surface area contributed by atoms with Gasteiger partial charge in [-0.25, -0.2) is 4.98 Å². The molecule has 5 nitrogen and oxygen atoms in total. The van der Waals surface area contributed by atoms with Gasteiger partial charge >= 0.3 is 6.18 Å². The van der Waals surface area contributed by atoms with Gasteiger partial charge in [0.2, 0.25) is 0 Å². The Hall–Kier alpha value is -1.54. The Kier molecular flexibility index (Phi) is 5.62. The molecule has 1 saturated carbocycles. The number of aromatic nitrogens is 1. The number of rotatable bonds is 3. The molecular formula is C18H27F3N4O. The lowest BCUT2D eigenvalue weighted by Crippen LogP contribution is -2.52. The van der Waals surface area contributed by atoms with Crippen LogP contribution in [0.5, 0.6) is 0 Å². The van der Waals surface area contributed by atoms with Crippen LogP contribution >= 0.6 is 0 Å². The molecule has 1 aliphatic carbocycles. The predicted octanol–water partition coefficient (Wildman–Crippen LogP) is 3.23. The average molecular weight is 372 g/mol. The van der Waals surface area contributed by atoms with E-state index >= 15 is 0 Å². The predicted molar refractivity (Wildman–Crippen MR) is 95.4 cm³/mol. The van der Waals surface area contributed by atoms with Gasteiger partial charge in [-0.2, -0.15) is 13.2 Å². The van der Waals surface area contributed by atoms with E-state index in [-0.39, 0.29) is 6.54 Å². The molecule has 1 saturated heterocycles. The fourth-order valence-electron chi connectivity index (χ4n) is 3.68. The van der Waals surface area contributed by atoms with Crippen molar-refractivity contribution in [2.24, 2.45) is 5.73 Å². The van der Waals surface area contributed by atoms with Gasteiger partial charge in [0.05, 0.1) is 24.0 Å². The number of pyridine rings is 1. The van der Waals surface area contributed by atoms with E-state index in [2.05, 4.69) is 10.3 Å². The first kappa shape index (κ1) is 19.2. The fourth-order valence-corrected chi connectivity index (χ4v) is 3.68. The molecule has 2 fully saturated rings. The van der Waals surface area contributed by atoms with Gasteiger partial charge in [0, 0.05) is 18.6 Å². The second kappa shape index (κ2) is 7.60. The molecule has 3 N–H and O–H groups in total. The van der Waals surface area contributed by atoms with E-state index in [1.165, 1.54) is 0 Å². The van der Waals surface area contributed by atoms with Crippen molar-refractivity contribution in [3.63, 3.8) is 0 Å². The summed E-state index contributed by atoms with van der Waals surface area (Å²) < 4.78 is 44.2. The highest BCUT2D eigenvalue weighted by Gasteiger charge is 2.45. The summed E-state index contributed by atoms with van der Waals surface area (Å²) in [7, 11) is 0. The van der Waals surface area contributed by atoms with Gasteiger partial charge in [0.1, 0.15) is 5.82 Å². The molecule has 8 heteroatoms. The maximum absolute atomic E-state index is 13.0. The summed E-state index contributed by atoms with van der Waals surface area (Å²) in [5.41, 5.74) is 7.66. The van der Waals surface area contributed by atoms with Crippen LogP contribution < -0.4 is 16.0 Å². The summed E-state index contributed by atoms with van der Waals surface area (Å²) in [6.45, 7) is 3.70. The molecule has 0 amide bonds. The summed E-state index contributed by atoms with van der Waals surface area (Å²) in [4.78, 5) is 6.20. The molecule has 2 aliphatic rings. The standard InChI is InChI=1S/C18H27F3N4O/c1-11-9-25(10-16(26-11)18(19,20)21)17-8-7-15(12(2)23-17)24-14-5-3-13(22)4-6-14/h7-8,11,13-14,16,24H,3-6,9-10,22H2,1-2H3. The number of nitrogens with one attached hydrogen (secondary N) is 1. The van der Waals surface area contributed by atoms with Gasteiger partial charge in [0.15, 0.2) is 6.10 Å². The smallest absolute Gasteiger partial charge is 0.381 e. The van der Waals surface area contributed by atoms with Crippen LogP contribution in [0.15, 0.2) is 12.1 Å². The lowest BCUT2D eigenvalue weighted by atomic mass is 9.91. The third-order valence-electron chi connectivity index (χ3n) is 5.15. The number of hydrogen-bond donors (Lipinski definition) is 2. The van der Waals surface area contributed by atoms with Crippen LogP contribution in [0.2, 0.25) is 0 Å². The molecule has 26 heavy (non-hydrogen) atoms. The van der Waals surface area contributed by atoms with Gasteiger partial charge in [-0.3, -0.25) is 0 Å². The zero-order chi connectivity index (χ0) is 18.9. The monoisotopic (exact) mass is 372 g/mol. The summed E-state index contributed by atoms with van der Waals surface area (Å²) in [6, 6.07) is 4.36. The lowest BCUT2D eigenvalue weighted by molar-refractivity contribution is -0.233. The Morgan fingerprint density at radius 2 is 1.88 bits per heavy atom. The zero-order valence-corrected chi connectivity index (χ0v) is 15.2. The van der Waals surface area contributed by atoms with Gasteiger partial charge in [0.25, 0.3) is 0 Å². The first-order chi connectivity index (χ1) is 12.2. The minimum atomic E-state index is -4.37. The topological polar surface area (TPSA) is 63.4 Å². The summed E-state index contributed by atoms with van der Waals surface area (Å²) in [5, 5.41) is 3.50. The Bertz CT molecular complexity index is 617. The maximum Gasteiger partial charge on any atom is 0.416 e. The number of morpholine rings is 1. The Morgan fingerprint density at radius 3 is 2.50 bits per heavy atom. The van der Waals surface area contributed by atoms with Crippen LogP contribution in [0.1, 0.15) is 38.3 Å². The van der Waals surface area contributed by atoms with Crippen molar-refractivity contribution in [1.82, 2.24) is 4.98 Å². The minimum absolute atomic E-state index is 0.229. The van der Waals surface area contributed by atoms with E-state index in [9.17, 15) is 13.2 Å². The summed E-state index contributed by atoms with van der Waals surface area (Å²) >= 11 is 0. The highest BCUT2D eigenvalue weighted by atomic mass is 19.4. The number of hydrogen-bond acceptors (Lipinski definition) is 5. The molecule has 2 heterocycles. The molecular weight excluding hydrogens is 345 g/mol. The van der Waals surface area contributed by atoms with E-state index in [4.69, 9.17) is 10.5 Å². The van der Waals surface area contributed by atoms with E-state index < -0.39 is 18.4 Å². The molecule has 0 aromatic carbocycles. The molecule has 1 aliphatic heterocycles. The van der Waals surface area contributed by atoms with Crippen molar-refractivity contribution in [3.05, 3.63) is 17.8 Å². The van der Waals surface area contributed by atoms with Gasteiger partial charge < -0.3 is 20.7 Å². The number of anilines is 2. The maximum atomic E-state index is 13.0. The average Bonchev–Trinajstić information content (AvgIpc) is 2.57. The summed E-state index contributed by atoms with van der Waals surface area (Å²) in [5.74, 6) is 0.558. The molecule has 0 spiro atoms. The number of nitrogens with zero attached hydrogens (tertiary/aromatic N) is 2. The summed E-state index contributed by atoms with van der Waals surface area (Å²) in [6.07, 6.45) is -2.59. The number of ether oxygens (including phenoxy) is 1. The van der Waals surface area contributed by atoms with Crippen molar-refractivity contribution in [1.29, 1.82) is 0 Å². The number of nitrogens with two attached hydrogens (primary N) is 1. The molecule has 1 aromatic rings. The third kappa shape index (κ3) is 4.59. The van der Waals surface area contributed by atoms with E-state index in [0.29, 0.717) is 24.4 Å². The number of aryl methyl sites for hydroxylation is 1. The van der Waals surface area contributed by atoms with Crippen molar-refractivity contribution >= 4 is 11.5 Å². The molecule has 2 unspecified atom stereocenters. The first-order valence-electron chi connectivity index (χ1n) is 9.19. The van der Waals surface area contributed by atoms with Crippen LogP contribution in [0, 0.1) is 6.92 Å². The molecule has 146 valence electrons. The van der Waals surface area contributed by atoms with Crippen LogP contribution in [0.4, 0.5) is 24.7 Å². The SMILES string of the molecule is Cc1nc(N2CC(C)OC(C(F)(F)F)C2)ccc1NC1CCC(N)CC1. The van der Waals surface area contributed by atoms with E-state index in [1.807, 2.05) is 13.0 Å². The highest BCUT2D eigenvalue weighted by molar-refractivity contribution is 5.54. The van der Waals surface area contributed by atoms with Gasteiger partial charge in [-0.05, 0) is 51.7 Å². The molecule has 1 aromatic heterocycles. The Morgan fingerprint density at radius 1 is 1.19 bits per heavy atom. The molecule has 0 radical (unpaired) electrons.